The Bertz CT molecular complexity index is 528. The second-order valence-electron chi connectivity index (χ2n) is 4.79. The van der Waals surface area contributed by atoms with Gasteiger partial charge < -0.3 is 10.2 Å². The van der Waals surface area contributed by atoms with Crippen LogP contribution in [0.15, 0.2) is 33.6 Å². The zero-order valence-corrected chi connectivity index (χ0v) is 14.3. The van der Waals surface area contributed by atoms with Gasteiger partial charge in [-0.05, 0) is 30.7 Å². The van der Waals surface area contributed by atoms with Gasteiger partial charge in [0.2, 0.25) is 0 Å². The van der Waals surface area contributed by atoms with Gasteiger partial charge in [0.25, 0.3) is 0 Å². The second kappa shape index (κ2) is 7.76. The van der Waals surface area contributed by atoms with Crippen LogP contribution in [0, 0.1) is 0 Å². The van der Waals surface area contributed by atoms with Crippen molar-refractivity contribution < 1.29 is 0 Å². The summed E-state index contributed by atoms with van der Waals surface area (Å²) in [5.41, 5.74) is 5.48. The molecule has 0 aliphatic heterocycles. The molecule has 0 unspecified atom stereocenters. The summed E-state index contributed by atoms with van der Waals surface area (Å²) in [4.78, 5) is 6.54. The molecule has 0 bridgehead atoms. The minimum atomic E-state index is 0.837. The lowest BCUT2D eigenvalue weighted by molar-refractivity contribution is 0.674. The van der Waals surface area contributed by atoms with Crippen molar-refractivity contribution in [3.63, 3.8) is 0 Å². The van der Waals surface area contributed by atoms with Crippen molar-refractivity contribution in [2.24, 2.45) is 0 Å². The van der Waals surface area contributed by atoms with Crippen molar-refractivity contribution in [2.75, 3.05) is 18.5 Å². The Morgan fingerprint density at radius 2 is 2.25 bits per heavy atom. The summed E-state index contributed by atoms with van der Waals surface area (Å²) in [6.45, 7) is 4.98. The maximum absolute atomic E-state index is 4.33. The lowest BCUT2D eigenvalue weighted by Crippen LogP contribution is -2.17. The highest BCUT2D eigenvalue weighted by Crippen LogP contribution is 2.24. The summed E-state index contributed by atoms with van der Waals surface area (Å²) in [6.07, 6.45) is 1.16. The van der Waals surface area contributed by atoms with E-state index < -0.39 is 0 Å². The maximum atomic E-state index is 4.33. The summed E-state index contributed by atoms with van der Waals surface area (Å²) in [6, 6.07) is 6.52. The van der Waals surface area contributed by atoms with E-state index in [0.717, 1.165) is 36.2 Å². The summed E-state index contributed by atoms with van der Waals surface area (Å²) >= 11 is 5.30. The van der Waals surface area contributed by atoms with Gasteiger partial charge in [-0.3, -0.25) is 0 Å². The molecule has 3 nitrogen and oxygen atoms in total. The largest absolute Gasteiger partial charge is 0.369 e. The number of nitrogens with one attached hydrogen (secondary N) is 1. The molecule has 1 N–H and O–H groups in total. The smallest absolute Gasteiger partial charge is 0.0795 e. The SMILES string of the molecule is CCCNCc1ccc(N(C)Cc2cscn2)cc1Br. The van der Waals surface area contributed by atoms with Gasteiger partial charge in [0.05, 0.1) is 17.7 Å². The van der Waals surface area contributed by atoms with Crippen LogP contribution in [-0.4, -0.2) is 18.6 Å². The van der Waals surface area contributed by atoms with Crippen molar-refractivity contribution >= 4 is 33.0 Å². The fourth-order valence-corrected chi connectivity index (χ4v) is 3.02. The van der Waals surface area contributed by atoms with Gasteiger partial charge in [-0.2, -0.15) is 0 Å². The van der Waals surface area contributed by atoms with E-state index in [-0.39, 0.29) is 0 Å². The van der Waals surface area contributed by atoms with Gasteiger partial charge in [-0.1, -0.05) is 28.9 Å². The molecule has 0 amide bonds. The molecule has 1 aromatic carbocycles. The summed E-state index contributed by atoms with van der Waals surface area (Å²) < 4.78 is 1.16. The molecule has 0 fully saturated rings. The molecular weight excluding hydrogens is 334 g/mol. The lowest BCUT2D eigenvalue weighted by Gasteiger charge is -2.19. The van der Waals surface area contributed by atoms with E-state index in [2.05, 4.69) is 68.7 Å². The number of nitrogens with zero attached hydrogens (tertiary/aromatic N) is 2. The minimum absolute atomic E-state index is 0.837. The average molecular weight is 354 g/mol. The first-order chi connectivity index (χ1) is 9.70. The number of benzene rings is 1. The first-order valence-electron chi connectivity index (χ1n) is 6.78. The van der Waals surface area contributed by atoms with Crippen LogP contribution in [0.5, 0.6) is 0 Å². The molecule has 2 rings (SSSR count). The lowest BCUT2D eigenvalue weighted by atomic mass is 10.2. The van der Waals surface area contributed by atoms with Gasteiger partial charge in [0.1, 0.15) is 0 Å². The predicted molar refractivity (Wildman–Crippen MR) is 90.4 cm³/mol. The molecular formula is C15H20BrN3S. The molecule has 1 heterocycles. The molecule has 108 valence electrons. The van der Waals surface area contributed by atoms with E-state index in [1.165, 1.54) is 11.3 Å². The number of rotatable bonds is 7. The number of thiazole rings is 1. The average Bonchev–Trinajstić information content (AvgIpc) is 2.93. The molecule has 20 heavy (non-hydrogen) atoms. The van der Waals surface area contributed by atoms with Gasteiger partial charge >= 0.3 is 0 Å². The Balaban J connectivity index is 2.00. The fraction of sp³-hybridized carbons (Fsp3) is 0.400. The number of halogens is 1. The summed E-state index contributed by atoms with van der Waals surface area (Å²) in [5, 5.41) is 5.52. The molecule has 1 aromatic heterocycles. The van der Waals surface area contributed by atoms with Crippen LogP contribution in [0.3, 0.4) is 0 Å². The molecule has 5 heteroatoms. The van der Waals surface area contributed by atoms with Crippen molar-refractivity contribution in [2.45, 2.75) is 26.4 Å². The van der Waals surface area contributed by atoms with Gasteiger partial charge in [0, 0.05) is 29.1 Å². The quantitative estimate of drug-likeness (QED) is 0.761. The van der Waals surface area contributed by atoms with E-state index in [0.29, 0.717) is 0 Å². The first kappa shape index (κ1) is 15.5. The van der Waals surface area contributed by atoms with E-state index in [9.17, 15) is 0 Å². The highest BCUT2D eigenvalue weighted by Gasteiger charge is 2.06. The minimum Gasteiger partial charge on any atom is -0.369 e. The topological polar surface area (TPSA) is 28.2 Å². The molecule has 0 radical (unpaired) electrons. The molecule has 0 saturated carbocycles. The fourth-order valence-electron chi connectivity index (χ4n) is 1.97. The van der Waals surface area contributed by atoms with Crippen LogP contribution < -0.4 is 10.2 Å². The third-order valence-electron chi connectivity index (χ3n) is 3.10. The van der Waals surface area contributed by atoms with E-state index in [1.54, 1.807) is 11.3 Å². The Kier molecular flexibility index (Phi) is 6.01. The zero-order valence-electron chi connectivity index (χ0n) is 11.9. The number of hydrogen-bond donors (Lipinski definition) is 1. The van der Waals surface area contributed by atoms with E-state index in [1.807, 2.05) is 5.51 Å². The van der Waals surface area contributed by atoms with Gasteiger partial charge in [-0.15, -0.1) is 11.3 Å². The Labute approximate surface area is 133 Å². The van der Waals surface area contributed by atoms with Gasteiger partial charge in [-0.25, -0.2) is 4.98 Å². The normalized spacial score (nSPS) is 10.8. The summed E-state index contributed by atoms with van der Waals surface area (Å²) in [5.74, 6) is 0. The van der Waals surface area contributed by atoms with Crippen LogP contribution in [-0.2, 0) is 13.1 Å². The number of anilines is 1. The van der Waals surface area contributed by atoms with E-state index in [4.69, 9.17) is 0 Å². The molecule has 0 aliphatic rings. The van der Waals surface area contributed by atoms with Crippen LogP contribution in [0.2, 0.25) is 0 Å². The third-order valence-corrected chi connectivity index (χ3v) is 4.48. The van der Waals surface area contributed by atoms with Crippen molar-refractivity contribution in [3.8, 4) is 0 Å². The highest BCUT2D eigenvalue weighted by atomic mass is 79.9. The molecule has 0 saturated heterocycles. The Morgan fingerprint density at radius 1 is 1.40 bits per heavy atom. The maximum Gasteiger partial charge on any atom is 0.0795 e. The Morgan fingerprint density at radius 3 is 2.90 bits per heavy atom. The molecule has 0 aliphatic carbocycles. The zero-order chi connectivity index (χ0) is 14.4. The molecule has 0 atom stereocenters. The van der Waals surface area contributed by atoms with Crippen LogP contribution in [0.25, 0.3) is 0 Å². The molecule has 0 spiro atoms. The number of hydrogen-bond acceptors (Lipinski definition) is 4. The van der Waals surface area contributed by atoms with E-state index >= 15 is 0 Å². The van der Waals surface area contributed by atoms with Gasteiger partial charge in [0.15, 0.2) is 0 Å². The third kappa shape index (κ3) is 4.30. The Hall–Kier alpha value is -0.910. The van der Waals surface area contributed by atoms with Crippen LogP contribution >= 0.6 is 27.3 Å². The van der Waals surface area contributed by atoms with Crippen molar-refractivity contribution in [3.05, 3.63) is 44.8 Å². The van der Waals surface area contributed by atoms with Crippen molar-refractivity contribution in [1.29, 1.82) is 0 Å². The van der Waals surface area contributed by atoms with Crippen LogP contribution in [0.1, 0.15) is 24.6 Å². The van der Waals surface area contributed by atoms with Crippen molar-refractivity contribution in [1.82, 2.24) is 10.3 Å². The second-order valence-corrected chi connectivity index (χ2v) is 6.36. The standard InChI is InChI=1S/C15H20BrN3S/c1-3-6-17-8-12-4-5-14(7-15(12)16)19(2)9-13-10-20-11-18-13/h4-5,7,10-11,17H,3,6,8-9H2,1-2H3. The van der Waals surface area contributed by atoms with Crippen LogP contribution in [0.4, 0.5) is 5.69 Å². The number of aromatic nitrogens is 1. The summed E-state index contributed by atoms with van der Waals surface area (Å²) in [7, 11) is 2.09. The first-order valence-corrected chi connectivity index (χ1v) is 8.51. The highest BCUT2D eigenvalue weighted by molar-refractivity contribution is 9.10. The monoisotopic (exact) mass is 353 g/mol. The predicted octanol–water partition coefficient (Wildman–Crippen LogP) is 4.04. The molecule has 2 aromatic rings.